The number of ether oxygens (including phenoxy) is 2. The van der Waals surface area contributed by atoms with E-state index in [1.54, 1.807) is 20.8 Å². The molecule has 1 unspecified atom stereocenters. The van der Waals surface area contributed by atoms with E-state index >= 15 is 0 Å². The maximum Gasteiger partial charge on any atom is 0.386 e. The van der Waals surface area contributed by atoms with E-state index in [0.29, 0.717) is 13.2 Å². The van der Waals surface area contributed by atoms with Crippen LogP contribution in [0.3, 0.4) is 0 Å². The highest BCUT2D eigenvalue weighted by Crippen LogP contribution is 2.49. The van der Waals surface area contributed by atoms with Crippen LogP contribution in [0.2, 0.25) is 0 Å². The Balaban J connectivity index is 5.04. The average molecular weight is 268 g/mol. The minimum absolute atomic E-state index is 0.0245. The van der Waals surface area contributed by atoms with Crippen LogP contribution in [0.15, 0.2) is 0 Å². The van der Waals surface area contributed by atoms with Gasteiger partial charge in [0, 0.05) is 13.2 Å². The van der Waals surface area contributed by atoms with Gasteiger partial charge < -0.3 is 14.4 Å². The molecule has 0 aromatic rings. The van der Waals surface area contributed by atoms with Crippen LogP contribution in [0.4, 0.5) is 0 Å². The molecule has 0 heterocycles. The van der Waals surface area contributed by atoms with Crippen LogP contribution in [-0.4, -0.2) is 54.8 Å². The highest BCUT2D eigenvalue weighted by Gasteiger charge is 2.48. The van der Waals surface area contributed by atoms with Crippen LogP contribution in [0.5, 0.6) is 0 Å². The Morgan fingerprint density at radius 2 is 1.65 bits per heavy atom. The van der Waals surface area contributed by atoms with Gasteiger partial charge in [-0.05, 0) is 13.8 Å². The van der Waals surface area contributed by atoms with Gasteiger partial charge in [-0.2, -0.15) is 4.25 Å². The van der Waals surface area contributed by atoms with Gasteiger partial charge in [0.1, 0.15) is 0 Å². The van der Waals surface area contributed by atoms with E-state index in [1.807, 2.05) is 0 Å². The zero-order chi connectivity index (χ0) is 13.7. The van der Waals surface area contributed by atoms with Gasteiger partial charge in [-0.15, -0.1) is 0 Å². The molecule has 17 heavy (non-hydrogen) atoms. The van der Waals surface area contributed by atoms with Crippen LogP contribution in [-0.2, 0) is 18.8 Å². The second-order valence-electron chi connectivity index (χ2n) is 3.96. The lowest BCUT2D eigenvalue weighted by Crippen LogP contribution is -2.50. The molecule has 0 rings (SSSR count). The largest absolute Gasteiger partial charge is 0.386 e. The molecule has 7 heteroatoms. The lowest BCUT2D eigenvalue weighted by Gasteiger charge is -2.32. The van der Waals surface area contributed by atoms with E-state index in [4.69, 9.17) is 9.47 Å². The summed E-state index contributed by atoms with van der Waals surface area (Å²) in [6, 6.07) is 0. The first-order chi connectivity index (χ1) is 7.74. The lowest BCUT2D eigenvalue weighted by molar-refractivity contribution is -0.699. The van der Waals surface area contributed by atoms with Crippen LogP contribution < -0.4 is 0 Å². The molecule has 1 N–H and O–H groups in total. The van der Waals surface area contributed by atoms with E-state index < -0.39 is 24.0 Å². The number of carbonyl (C=O) groups excluding carboxylic acids is 1. The number of carbonyl (C=O) groups is 1. The van der Waals surface area contributed by atoms with Crippen LogP contribution in [0, 0.1) is 0 Å². The zero-order valence-electron chi connectivity index (χ0n) is 11.2. The molecule has 6 nitrogen and oxygen atoms in total. The molecule has 1 amide bonds. The first-order valence-electron chi connectivity index (χ1n) is 5.68. The van der Waals surface area contributed by atoms with Crippen molar-refractivity contribution >= 4 is 13.4 Å². The van der Waals surface area contributed by atoms with Gasteiger partial charge in [0.25, 0.3) is 6.29 Å². The van der Waals surface area contributed by atoms with Gasteiger partial charge >= 0.3 is 13.4 Å². The van der Waals surface area contributed by atoms with Crippen molar-refractivity contribution in [1.29, 1.82) is 0 Å². The molecule has 0 saturated heterocycles. The van der Waals surface area contributed by atoms with Crippen molar-refractivity contribution in [3.05, 3.63) is 0 Å². The molecular formula is C10H23NO5P+. The molecule has 1 atom stereocenters. The normalized spacial score (nSPS) is 15.9. The summed E-state index contributed by atoms with van der Waals surface area (Å²) in [6.45, 7) is 5.65. The van der Waals surface area contributed by atoms with E-state index in [1.165, 1.54) is 14.1 Å². The molecule has 0 saturated carbocycles. The van der Waals surface area contributed by atoms with Crippen molar-refractivity contribution < 1.29 is 28.0 Å². The maximum absolute atomic E-state index is 12.1. The number of hydrogen-bond donors (Lipinski definition) is 1. The zero-order valence-corrected chi connectivity index (χ0v) is 12.1. The highest BCUT2D eigenvalue weighted by molar-refractivity contribution is 7.52. The monoisotopic (exact) mass is 268 g/mol. The van der Waals surface area contributed by atoms with E-state index in [0.717, 1.165) is 0 Å². The SMILES string of the molecule is CCOC(OCC)C(=O)[N+](C)(C)P(=O)(O)CC. The standard InChI is InChI=1S/C10H22NO5P/c1-6-15-10(16-7-2)9(12)11(4,5)17(13,14)8-3/h10H,6-8H2,1-5H3/p+1. The molecule has 102 valence electrons. The molecule has 0 aromatic carbocycles. The quantitative estimate of drug-likeness (QED) is 0.554. The Morgan fingerprint density at radius 3 is 1.94 bits per heavy atom. The molecule has 0 aliphatic carbocycles. The summed E-state index contributed by atoms with van der Waals surface area (Å²) in [7, 11) is -0.805. The number of rotatable bonds is 7. The van der Waals surface area contributed by atoms with Crippen molar-refractivity contribution in [3.8, 4) is 0 Å². The number of amides is 1. The van der Waals surface area contributed by atoms with Crippen molar-refractivity contribution in [2.45, 2.75) is 27.1 Å². The van der Waals surface area contributed by atoms with Gasteiger partial charge in [-0.1, -0.05) is 6.92 Å². The summed E-state index contributed by atoms with van der Waals surface area (Å²) in [6.07, 6.45) is -1.07. The maximum atomic E-state index is 12.1. The van der Waals surface area contributed by atoms with Gasteiger partial charge in [-0.25, -0.2) is 9.36 Å². The van der Waals surface area contributed by atoms with Crippen molar-refractivity contribution in [2.75, 3.05) is 33.5 Å². The number of likely N-dealkylation sites (N-methyl/N-ethyl adjacent to an activating group) is 1. The second kappa shape index (κ2) is 6.61. The fourth-order valence-electron chi connectivity index (χ4n) is 1.26. The van der Waals surface area contributed by atoms with Crippen LogP contribution in [0.1, 0.15) is 20.8 Å². The molecule has 0 bridgehead atoms. The Morgan fingerprint density at radius 1 is 1.24 bits per heavy atom. The first-order valence-corrected chi connectivity index (χ1v) is 7.48. The van der Waals surface area contributed by atoms with Gasteiger partial charge in [-0.3, -0.25) is 0 Å². The van der Waals surface area contributed by atoms with E-state index in [2.05, 4.69) is 0 Å². The van der Waals surface area contributed by atoms with E-state index in [-0.39, 0.29) is 6.16 Å². The molecular weight excluding hydrogens is 245 g/mol. The Labute approximate surface area is 103 Å². The summed E-state index contributed by atoms with van der Waals surface area (Å²) in [4.78, 5) is 21.9. The van der Waals surface area contributed by atoms with Gasteiger partial charge in [0.15, 0.2) is 0 Å². The van der Waals surface area contributed by atoms with Crippen LogP contribution >= 0.6 is 7.52 Å². The van der Waals surface area contributed by atoms with Gasteiger partial charge in [0.2, 0.25) is 0 Å². The molecule has 0 aliphatic rings. The highest BCUT2D eigenvalue weighted by atomic mass is 31.2. The van der Waals surface area contributed by atoms with E-state index in [9.17, 15) is 14.3 Å². The van der Waals surface area contributed by atoms with Crippen molar-refractivity contribution in [2.24, 2.45) is 0 Å². The minimum atomic E-state index is -3.61. The number of quaternary nitrogens is 1. The fourth-order valence-corrected chi connectivity index (χ4v) is 2.37. The molecule has 0 radical (unpaired) electrons. The molecule has 0 fully saturated rings. The number of nitrogens with zero attached hydrogens (tertiary/aromatic N) is 1. The van der Waals surface area contributed by atoms with Crippen molar-refractivity contribution in [1.82, 2.24) is 0 Å². The average Bonchev–Trinajstić information content (AvgIpc) is 2.27. The predicted molar refractivity (Wildman–Crippen MR) is 64.5 cm³/mol. The second-order valence-corrected chi connectivity index (χ2v) is 6.92. The topological polar surface area (TPSA) is 72.8 Å². The third kappa shape index (κ3) is 3.86. The molecule has 0 aromatic heterocycles. The Bertz CT molecular complexity index is 299. The summed E-state index contributed by atoms with van der Waals surface area (Å²) >= 11 is 0. The lowest BCUT2D eigenvalue weighted by atomic mass is 10.5. The van der Waals surface area contributed by atoms with Crippen molar-refractivity contribution in [3.63, 3.8) is 0 Å². The molecule has 0 aliphatic heterocycles. The number of hydrogen-bond acceptors (Lipinski definition) is 4. The summed E-state index contributed by atoms with van der Waals surface area (Å²) in [5, 5.41) is 0. The first kappa shape index (κ1) is 16.7. The molecule has 0 spiro atoms. The summed E-state index contributed by atoms with van der Waals surface area (Å²) < 4.78 is 21.6. The third-order valence-corrected chi connectivity index (χ3v) is 5.15. The fraction of sp³-hybridized carbons (Fsp3) is 0.900. The Kier molecular flexibility index (Phi) is 6.51. The summed E-state index contributed by atoms with van der Waals surface area (Å²) in [5.74, 6) is -0.540. The minimum Gasteiger partial charge on any atom is -0.342 e. The Hall–Kier alpha value is -0.260. The summed E-state index contributed by atoms with van der Waals surface area (Å²) in [5.41, 5.74) is 0. The smallest absolute Gasteiger partial charge is 0.342 e. The van der Waals surface area contributed by atoms with Crippen LogP contribution in [0.25, 0.3) is 0 Å². The third-order valence-electron chi connectivity index (χ3n) is 2.57. The van der Waals surface area contributed by atoms with Gasteiger partial charge in [0.05, 0.1) is 20.3 Å². The predicted octanol–water partition coefficient (Wildman–Crippen LogP) is 1.19.